The maximum Gasteiger partial charge on any atom is 0.319 e. The van der Waals surface area contributed by atoms with E-state index in [9.17, 15) is 4.79 Å². The number of aromatic nitrogens is 5. The molecule has 8 nitrogen and oxygen atoms in total. The van der Waals surface area contributed by atoms with Crippen LogP contribution in [0.4, 0.5) is 0 Å². The molecule has 0 aliphatic heterocycles. The van der Waals surface area contributed by atoms with Gasteiger partial charge in [-0.2, -0.15) is 4.98 Å². The first kappa shape index (κ1) is 19.3. The molecule has 0 unspecified atom stereocenters. The van der Waals surface area contributed by atoms with Crippen molar-refractivity contribution in [3.8, 4) is 28.7 Å². The van der Waals surface area contributed by atoms with Crippen molar-refractivity contribution >= 4 is 5.78 Å². The van der Waals surface area contributed by atoms with E-state index in [1.54, 1.807) is 42.7 Å². The fraction of sp³-hybridized carbons (Fsp3) is 0.136. The third-order valence-corrected chi connectivity index (χ3v) is 4.53. The van der Waals surface area contributed by atoms with Gasteiger partial charge in [0.15, 0.2) is 0 Å². The van der Waals surface area contributed by atoms with Gasteiger partial charge in [-0.3, -0.25) is 9.78 Å². The van der Waals surface area contributed by atoms with Crippen molar-refractivity contribution in [1.29, 1.82) is 0 Å². The molecule has 0 saturated carbocycles. The first-order chi connectivity index (χ1) is 14.6. The molecular weight excluding hydrogens is 382 g/mol. The second kappa shape index (κ2) is 8.12. The number of carbonyl (C=O) groups excluding carboxylic acids is 1. The molecule has 4 aromatic rings. The number of hydrogen-bond acceptors (Lipinski definition) is 7. The van der Waals surface area contributed by atoms with Crippen molar-refractivity contribution in [3.05, 3.63) is 78.3 Å². The molecule has 30 heavy (non-hydrogen) atoms. The van der Waals surface area contributed by atoms with Crippen LogP contribution in [-0.2, 0) is 0 Å². The van der Waals surface area contributed by atoms with Gasteiger partial charge in [0.2, 0.25) is 11.7 Å². The van der Waals surface area contributed by atoms with Crippen LogP contribution in [0.2, 0.25) is 0 Å². The van der Waals surface area contributed by atoms with Gasteiger partial charge in [0.25, 0.3) is 0 Å². The van der Waals surface area contributed by atoms with Gasteiger partial charge in [-0.15, -0.1) is 0 Å². The minimum atomic E-state index is -0.223. The maximum atomic E-state index is 12.7. The van der Waals surface area contributed by atoms with E-state index in [0.29, 0.717) is 17.3 Å². The Kier molecular flexibility index (Phi) is 5.21. The number of aryl methyl sites for hydroxylation is 1. The molecule has 0 aliphatic rings. The van der Waals surface area contributed by atoms with Gasteiger partial charge >= 0.3 is 6.01 Å². The summed E-state index contributed by atoms with van der Waals surface area (Å²) in [6, 6.07) is 11.5. The number of ketones is 1. The van der Waals surface area contributed by atoms with Gasteiger partial charge in [0, 0.05) is 24.3 Å². The van der Waals surface area contributed by atoms with E-state index in [0.717, 1.165) is 22.4 Å². The fourth-order valence-electron chi connectivity index (χ4n) is 3.01. The van der Waals surface area contributed by atoms with Crippen LogP contribution in [0.3, 0.4) is 0 Å². The molecule has 0 spiro atoms. The lowest BCUT2D eigenvalue weighted by Gasteiger charge is -2.10. The first-order valence-electron chi connectivity index (χ1n) is 9.16. The number of methoxy groups -OCH3 is 2. The Labute approximate surface area is 173 Å². The standard InChI is InChI=1S/C22H19N5O3/c1-14-7-8-23-18(9-14)20(28)19-12-27(13-25-19)16-6-4-5-15(10-16)17-11-24-22(30-3)26-21(17)29-2/h4-13H,1-3H3. The predicted molar refractivity (Wildman–Crippen MR) is 110 cm³/mol. The highest BCUT2D eigenvalue weighted by atomic mass is 16.5. The van der Waals surface area contributed by atoms with Gasteiger partial charge in [-0.1, -0.05) is 12.1 Å². The van der Waals surface area contributed by atoms with Crippen molar-refractivity contribution < 1.29 is 14.3 Å². The monoisotopic (exact) mass is 401 g/mol. The molecule has 1 aromatic carbocycles. The topological polar surface area (TPSA) is 92.0 Å². The molecule has 3 aromatic heterocycles. The Bertz CT molecular complexity index is 1220. The molecule has 0 bridgehead atoms. The Balaban J connectivity index is 1.66. The van der Waals surface area contributed by atoms with E-state index >= 15 is 0 Å². The van der Waals surface area contributed by atoms with Crippen molar-refractivity contribution in [2.45, 2.75) is 6.92 Å². The molecule has 150 valence electrons. The molecule has 8 heteroatoms. The minimum Gasteiger partial charge on any atom is -0.480 e. The molecule has 0 fully saturated rings. The second-order valence-corrected chi connectivity index (χ2v) is 6.54. The number of benzene rings is 1. The van der Waals surface area contributed by atoms with E-state index in [1.165, 1.54) is 7.11 Å². The third kappa shape index (κ3) is 3.75. The fourth-order valence-corrected chi connectivity index (χ4v) is 3.01. The minimum absolute atomic E-state index is 0.223. The summed E-state index contributed by atoms with van der Waals surface area (Å²) in [4.78, 5) is 29.5. The van der Waals surface area contributed by atoms with Crippen LogP contribution in [0.5, 0.6) is 11.9 Å². The Hall–Kier alpha value is -4.07. The summed E-state index contributed by atoms with van der Waals surface area (Å²) in [5, 5.41) is 0. The number of nitrogens with zero attached hydrogens (tertiary/aromatic N) is 5. The largest absolute Gasteiger partial charge is 0.480 e. The van der Waals surface area contributed by atoms with Gasteiger partial charge in [0.1, 0.15) is 17.7 Å². The molecule has 0 amide bonds. The zero-order valence-electron chi connectivity index (χ0n) is 16.7. The number of imidazole rings is 1. The van der Waals surface area contributed by atoms with Crippen LogP contribution in [0, 0.1) is 6.92 Å². The molecule has 0 saturated heterocycles. The van der Waals surface area contributed by atoms with E-state index in [4.69, 9.17) is 9.47 Å². The van der Waals surface area contributed by atoms with Crippen LogP contribution in [0.15, 0.2) is 61.3 Å². The van der Waals surface area contributed by atoms with E-state index < -0.39 is 0 Å². The van der Waals surface area contributed by atoms with Crippen LogP contribution in [-0.4, -0.2) is 44.5 Å². The highest BCUT2D eigenvalue weighted by molar-refractivity contribution is 6.06. The summed E-state index contributed by atoms with van der Waals surface area (Å²) in [5.41, 5.74) is 4.07. The summed E-state index contributed by atoms with van der Waals surface area (Å²) in [6.45, 7) is 1.92. The van der Waals surface area contributed by atoms with Gasteiger partial charge in [-0.05, 0) is 42.3 Å². The number of hydrogen-bond donors (Lipinski definition) is 0. The van der Waals surface area contributed by atoms with Crippen LogP contribution >= 0.6 is 0 Å². The van der Waals surface area contributed by atoms with Gasteiger partial charge in [-0.25, -0.2) is 9.97 Å². The lowest BCUT2D eigenvalue weighted by molar-refractivity contribution is 0.103. The van der Waals surface area contributed by atoms with Crippen molar-refractivity contribution in [2.75, 3.05) is 14.2 Å². The van der Waals surface area contributed by atoms with Crippen LogP contribution in [0.1, 0.15) is 21.7 Å². The number of ether oxygens (including phenoxy) is 2. The van der Waals surface area contributed by atoms with E-state index in [2.05, 4.69) is 19.9 Å². The molecule has 0 atom stereocenters. The van der Waals surface area contributed by atoms with E-state index in [1.807, 2.05) is 37.3 Å². The molecule has 0 N–H and O–H groups in total. The molecule has 3 heterocycles. The lowest BCUT2D eigenvalue weighted by atomic mass is 10.1. The molecule has 0 aliphatic carbocycles. The zero-order chi connectivity index (χ0) is 21.1. The van der Waals surface area contributed by atoms with Gasteiger partial charge in [0.05, 0.1) is 19.8 Å². The Morgan fingerprint density at radius 3 is 2.63 bits per heavy atom. The summed E-state index contributed by atoms with van der Waals surface area (Å²) in [7, 11) is 3.04. The summed E-state index contributed by atoms with van der Waals surface area (Å²) >= 11 is 0. The lowest BCUT2D eigenvalue weighted by Crippen LogP contribution is -2.04. The van der Waals surface area contributed by atoms with Crippen LogP contribution < -0.4 is 9.47 Å². The molecule has 4 rings (SSSR count). The highest BCUT2D eigenvalue weighted by Crippen LogP contribution is 2.30. The smallest absolute Gasteiger partial charge is 0.319 e. The predicted octanol–water partition coefficient (Wildman–Crippen LogP) is 3.28. The third-order valence-electron chi connectivity index (χ3n) is 4.53. The molecular formula is C22H19N5O3. The van der Waals surface area contributed by atoms with Crippen molar-refractivity contribution in [3.63, 3.8) is 0 Å². The Morgan fingerprint density at radius 2 is 1.87 bits per heavy atom. The second-order valence-electron chi connectivity index (χ2n) is 6.54. The number of pyridine rings is 1. The summed E-state index contributed by atoms with van der Waals surface area (Å²) in [5.74, 6) is 0.185. The maximum absolute atomic E-state index is 12.7. The van der Waals surface area contributed by atoms with Crippen molar-refractivity contribution in [1.82, 2.24) is 24.5 Å². The average molecular weight is 401 g/mol. The summed E-state index contributed by atoms with van der Waals surface area (Å²) in [6.07, 6.45) is 6.56. The Morgan fingerprint density at radius 1 is 1.00 bits per heavy atom. The van der Waals surface area contributed by atoms with Gasteiger partial charge < -0.3 is 14.0 Å². The summed E-state index contributed by atoms with van der Waals surface area (Å²) < 4.78 is 12.2. The van der Waals surface area contributed by atoms with E-state index in [-0.39, 0.29) is 11.8 Å². The number of carbonyl (C=O) groups is 1. The van der Waals surface area contributed by atoms with Crippen LogP contribution in [0.25, 0.3) is 16.8 Å². The van der Waals surface area contributed by atoms with Crippen molar-refractivity contribution in [2.24, 2.45) is 0 Å². The number of rotatable bonds is 6. The SMILES string of the molecule is COc1ncc(-c2cccc(-n3cnc(C(=O)c4cc(C)ccn4)c3)c2)c(OC)n1. The first-order valence-corrected chi connectivity index (χ1v) is 9.16. The molecule has 0 radical (unpaired) electrons. The highest BCUT2D eigenvalue weighted by Gasteiger charge is 2.15. The quantitative estimate of drug-likeness (QED) is 0.458. The average Bonchev–Trinajstić information content (AvgIpc) is 3.28. The normalized spacial score (nSPS) is 10.6. The zero-order valence-corrected chi connectivity index (χ0v) is 16.7.